The summed E-state index contributed by atoms with van der Waals surface area (Å²) in [5.41, 5.74) is 0.643. The predicted molar refractivity (Wildman–Crippen MR) is 113 cm³/mol. The van der Waals surface area contributed by atoms with E-state index in [1.807, 2.05) is 65.4 Å². The first kappa shape index (κ1) is 20.7. The number of carbonyl (C=O) groups is 1. The van der Waals surface area contributed by atoms with Gasteiger partial charge in [0, 0.05) is 11.1 Å². The van der Waals surface area contributed by atoms with Crippen molar-refractivity contribution in [2.24, 2.45) is 5.16 Å². The van der Waals surface area contributed by atoms with E-state index in [9.17, 15) is 17.6 Å². The summed E-state index contributed by atoms with van der Waals surface area (Å²) in [5.74, 6) is -1.45. The van der Waals surface area contributed by atoms with E-state index in [0.717, 1.165) is 29.3 Å². The molecule has 0 fully saturated rings. The molecule has 0 aliphatic carbocycles. The lowest BCUT2D eigenvalue weighted by molar-refractivity contribution is -0.113. The van der Waals surface area contributed by atoms with Crippen LogP contribution in [0.2, 0.25) is 0 Å². The normalized spacial score (nSPS) is 15.1. The number of hydrogen-bond donors (Lipinski definition) is 1. The molecule has 0 unspecified atom stereocenters. The van der Waals surface area contributed by atoms with Crippen molar-refractivity contribution in [1.82, 2.24) is 4.72 Å². The summed E-state index contributed by atoms with van der Waals surface area (Å²) in [7, 11) is -4.21. The van der Waals surface area contributed by atoms with Gasteiger partial charge in [-0.3, -0.25) is 4.79 Å². The standard InChI is InChI=1S/C23H19FN2O4S/c1-16-14-19(24)12-13-21(16)31(28,29)26-22(27)20-15-23(30-25-20,17-8-4-2-5-9-17)18-10-6-3-7-11-18/h2-14H,15H2,1H3,(H,26,27). The Bertz CT molecular complexity index is 1220. The SMILES string of the molecule is Cc1cc(F)ccc1S(=O)(=O)NC(=O)C1=NOC(c2ccccc2)(c2ccccc2)C1. The average Bonchev–Trinajstić information content (AvgIpc) is 3.21. The van der Waals surface area contributed by atoms with Crippen molar-refractivity contribution in [1.29, 1.82) is 0 Å². The Hall–Kier alpha value is -3.52. The van der Waals surface area contributed by atoms with Gasteiger partial charge in [0.25, 0.3) is 15.9 Å². The first-order valence-corrected chi connectivity index (χ1v) is 11.0. The van der Waals surface area contributed by atoms with Gasteiger partial charge in [-0.15, -0.1) is 0 Å². The zero-order valence-corrected chi connectivity index (χ0v) is 17.4. The van der Waals surface area contributed by atoms with E-state index in [0.29, 0.717) is 0 Å². The molecule has 1 amide bonds. The smallest absolute Gasteiger partial charge is 0.282 e. The minimum absolute atomic E-state index is 0.0464. The van der Waals surface area contributed by atoms with Gasteiger partial charge in [0.05, 0.1) is 11.3 Å². The monoisotopic (exact) mass is 438 g/mol. The zero-order valence-electron chi connectivity index (χ0n) is 16.6. The first-order valence-electron chi connectivity index (χ1n) is 9.51. The minimum Gasteiger partial charge on any atom is -0.379 e. The lowest BCUT2D eigenvalue weighted by atomic mass is 9.82. The topological polar surface area (TPSA) is 84.8 Å². The molecule has 1 aliphatic heterocycles. The van der Waals surface area contributed by atoms with E-state index < -0.39 is 27.3 Å². The molecule has 6 nitrogen and oxygen atoms in total. The van der Waals surface area contributed by atoms with Gasteiger partial charge < -0.3 is 4.84 Å². The molecular formula is C23H19FN2O4S. The highest BCUT2D eigenvalue weighted by atomic mass is 32.2. The molecule has 1 aliphatic rings. The van der Waals surface area contributed by atoms with Crippen LogP contribution >= 0.6 is 0 Å². The van der Waals surface area contributed by atoms with Crippen LogP contribution in [0, 0.1) is 12.7 Å². The minimum atomic E-state index is -4.21. The van der Waals surface area contributed by atoms with Crippen molar-refractivity contribution < 1.29 is 22.4 Å². The highest BCUT2D eigenvalue weighted by Crippen LogP contribution is 2.41. The second-order valence-electron chi connectivity index (χ2n) is 7.21. The number of oxime groups is 1. The molecule has 31 heavy (non-hydrogen) atoms. The molecule has 1 N–H and O–H groups in total. The Balaban J connectivity index is 1.62. The molecule has 158 valence electrons. The summed E-state index contributed by atoms with van der Waals surface area (Å²) in [4.78, 5) is 18.4. The van der Waals surface area contributed by atoms with Gasteiger partial charge in [0.1, 0.15) is 5.82 Å². The zero-order chi connectivity index (χ0) is 22.1. The van der Waals surface area contributed by atoms with Crippen molar-refractivity contribution in [2.75, 3.05) is 0 Å². The first-order chi connectivity index (χ1) is 14.8. The fourth-order valence-corrected chi connectivity index (χ4v) is 4.80. The summed E-state index contributed by atoms with van der Waals surface area (Å²) in [6.07, 6.45) is 0.0464. The number of hydrogen-bond acceptors (Lipinski definition) is 5. The predicted octanol–water partition coefficient (Wildman–Crippen LogP) is 3.66. The number of nitrogens with zero attached hydrogens (tertiary/aromatic N) is 1. The molecule has 8 heteroatoms. The van der Waals surface area contributed by atoms with Crippen LogP contribution in [0.25, 0.3) is 0 Å². The summed E-state index contributed by atoms with van der Waals surface area (Å²) in [5, 5.41) is 3.94. The van der Waals surface area contributed by atoms with E-state index in [1.54, 1.807) is 0 Å². The third-order valence-electron chi connectivity index (χ3n) is 5.12. The van der Waals surface area contributed by atoms with Crippen LogP contribution in [0.1, 0.15) is 23.1 Å². The second-order valence-corrected chi connectivity index (χ2v) is 8.86. The van der Waals surface area contributed by atoms with Crippen LogP contribution < -0.4 is 4.72 Å². The summed E-state index contributed by atoms with van der Waals surface area (Å²) in [6, 6.07) is 21.8. The lowest BCUT2D eigenvalue weighted by Gasteiger charge is -2.27. The maximum Gasteiger partial charge on any atom is 0.282 e. The van der Waals surface area contributed by atoms with Crippen molar-refractivity contribution in [3.05, 3.63) is 101 Å². The molecule has 0 aromatic heterocycles. The van der Waals surface area contributed by atoms with E-state index in [-0.39, 0.29) is 22.6 Å². The van der Waals surface area contributed by atoms with Crippen LogP contribution in [-0.2, 0) is 25.3 Å². The van der Waals surface area contributed by atoms with Crippen LogP contribution in [-0.4, -0.2) is 20.0 Å². The molecular weight excluding hydrogens is 419 g/mol. The van der Waals surface area contributed by atoms with E-state index in [4.69, 9.17) is 4.84 Å². The third-order valence-corrected chi connectivity index (χ3v) is 6.62. The molecule has 4 rings (SSSR count). The molecule has 0 saturated carbocycles. The highest BCUT2D eigenvalue weighted by Gasteiger charge is 2.45. The van der Waals surface area contributed by atoms with Gasteiger partial charge in [0.2, 0.25) is 0 Å². The number of sulfonamides is 1. The summed E-state index contributed by atoms with van der Waals surface area (Å²) >= 11 is 0. The average molecular weight is 438 g/mol. The Morgan fingerprint density at radius 1 is 1.00 bits per heavy atom. The van der Waals surface area contributed by atoms with E-state index in [2.05, 4.69) is 5.16 Å². The van der Waals surface area contributed by atoms with E-state index in [1.165, 1.54) is 6.92 Å². The quantitative estimate of drug-likeness (QED) is 0.659. The molecule has 1 heterocycles. The number of benzene rings is 3. The maximum absolute atomic E-state index is 13.3. The number of aryl methyl sites for hydroxylation is 1. The van der Waals surface area contributed by atoms with Crippen molar-refractivity contribution in [3.8, 4) is 0 Å². The Morgan fingerprint density at radius 3 is 2.13 bits per heavy atom. The number of rotatable bonds is 5. The molecule has 0 spiro atoms. The third kappa shape index (κ3) is 3.94. The molecule has 3 aromatic carbocycles. The summed E-state index contributed by atoms with van der Waals surface area (Å²) < 4.78 is 40.7. The Labute approximate surface area is 179 Å². The van der Waals surface area contributed by atoms with Crippen LogP contribution in [0.5, 0.6) is 0 Å². The molecule has 0 radical (unpaired) electrons. The van der Waals surface area contributed by atoms with Gasteiger partial charge >= 0.3 is 0 Å². The second kappa shape index (κ2) is 7.96. The Morgan fingerprint density at radius 2 is 1.58 bits per heavy atom. The van der Waals surface area contributed by atoms with Crippen LogP contribution in [0.15, 0.2) is 88.9 Å². The fraction of sp³-hybridized carbons (Fsp3) is 0.130. The fourth-order valence-electron chi connectivity index (χ4n) is 3.60. The highest BCUT2D eigenvalue weighted by molar-refractivity contribution is 7.90. The van der Waals surface area contributed by atoms with Gasteiger partial charge in [-0.1, -0.05) is 65.8 Å². The van der Waals surface area contributed by atoms with Gasteiger partial charge in [0.15, 0.2) is 11.3 Å². The lowest BCUT2D eigenvalue weighted by Crippen LogP contribution is -2.37. The van der Waals surface area contributed by atoms with Crippen molar-refractivity contribution in [3.63, 3.8) is 0 Å². The summed E-state index contributed by atoms with van der Waals surface area (Å²) in [6.45, 7) is 1.45. The molecule has 0 saturated heterocycles. The number of amides is 1. The molecule has 0 bridgehead atoms. The van der Waals surface area contributed by atoms with Crippen LogP contribution in [0.3, 0.4) is 0 Å². The van der Waals surface area contributed by atoms with Crippen LogP contribution in [0.4, 0.5) is 4.39 Å². The Kier molecular flexibility index (Phi) is 5.32. The van der Waals surface area contributed by atoms with E-state index >= 15 is 0 Å². The van der Waals surface area contributed by atoms with Crippen molar-refractivity contribution >= 4 is 21.6 Å². The largest absolute Gasteiger partial charge is 0.379 e. The number of carbonyl (C=O) groups excluding carboxylic acids is 1. The number of nitrogens with one attached hydrogen (secondary N) is 1. The van der Waals surface area contributed by atoms with Gasteiger partial charge in [-0.25, -0.2) is 17.5 Å². The van der Waals surface area contributed by atoms with Crippen molar-refractivity contribution in [2.45, 2.75) is 23.8 Å². The maximum atomic E-state index is 13.3. The molecule has 0 atom stereocenters. The van der Waals surface area contributed by atoms with Gasteiger partial charge in [-0.2, -0.15) is 0 Å². The van der Waals surface area contributed by atoms with Gasteiger partial charge in [-0.05, 0) is 30.7 Å². The number of halogens is 1. The molecule has 3 aromatic rings.